The van der Waals surface area contributed by atoms with Gasteiger partial charge in [0.15, 0.2) is 12.4 Å². The van der Waals surface area contributed by atoms with Gasteiger partial charge in [0.2, 0.25) is 6.08 Å². The fraction of sp³-hybridized carbons (Fsp3) is 0.267. The summed E-state index contributed by atoms with van der Waals surface area (Å²) in [4.78, 5) is 39.6. The van der Waals surface area contributed by atoms with E-state index in [1.54, 1.807) is 30.6 Å². The monoisotopic (exact) mass is 1010 g/mol. The number of urea groups is 2. The molecule has 3 heterocycles. The largest absolute Gasteiger partial charge is 0.492 e. The summed E-state index contributed by atoms with van der Waals surface area (Å²) in [6, 6.07) is 35.0. The summed E-state index contributed by atoms with van der Waals surface area (Å²) in [6.45, 7) is 14.4. The smallest absolute Gasteiger partial charge is 0.334 e. The number of nitrogens with one attached hydrogen (secondary N) is 3. The zero-order chi connectivity index (χ0) is 54.6. The van der Waals surface area contributed by atoms with E-state index >= 15 is 0 Å². The molecule has 0 atom stereocenters. The quantitative estimate of drug-likeness (QED) is 0.0531. The fourth-order valence-corrected chi connectivity index (χ4v) is 9.22. The van der Waals surface area contributed by atoms with Gasteiger partial charge < -0.3 is 19.5 Å². The van der Waals surface area contributed by atoms with Crippen LogP contribution in [0.4, 0.5) is 26.7 Å². The van der Waals surface area contributed by atoms with Crippen molar-refractivity contribution in [2.24, 2.45) is 4.99 Å². The summed E-state index contributed by atoms with van der Waals surface area (Å²) >= 11 is 0. The Kier molecular flexibility index (Phi) is 17.2. The van der Waals surface area contributed by atoms with E-state index in [0.717, 1.165) is 55.8 Å². The van der Waals surface area contributed by atoms with E-state index in [1.165, 1.54) is 34.7 Å². The molecule has 3 aliphatic heterocycles. The molecule has 4 amide bonds. The van der Waals surface area contributed by atoms with Crippen LogP contribution in [0, 0.1) is 56.9 Å². The summed E-state index contributed by atoms with van der Waals surface area (Å²) in [5.41, 5.74) is 13.9. The highest BCUT2D eigenvalue weighted by Crippen LogP contribution is 2.46. The number of ether oxygens (including phenoxy) is 3. The molecule has 9 rings (SSSR count). The number of isocyanates is 1. The van der Waals surface area contributed by atoms with Crippen molar-refractivity contribution in [3.63, 3.8) is 0 Å². The highest BCUT2D eigenvalue weighted by Gasteiger charge is 2.29. The minimum Gasteiger partial charge on any atom is -0.492 e. The summed E-state index contributed by atoms with van der Waals surface area (Å²) in [7, 11) is 1.54. The normalized spacial score (nSPS) is 12.0. The first-order valence-electron chi connectivity index (χ1n) is 24.6. The van der Waals surface area contributed by atoms with Crippen molar-refractivity contribution in [3.8, 4) is 81.2 Å². The predicted molar refractivity (Wildman–Crippen MR) is 288 cm³/mol. The SMILES string of the molecule is CC(C)c1ccc(-c2cc(N(C)C(=O)NC#N)c(C#N)c3c2OCC3)cc1.CC(C)c1ccc(-c2cc(N=C=O)c(C#N)c3c2OCC3)cc1.CC(C)c1ccc(-c2cc(NC(=O)NC#N)c(C#N)c3c2OCC3)cc1. The van der Waals surface area contributed by atoms with Gasteiger partial charge in [-0.25, -0.2) is 25.0 Å². The number of carbonyl (C=O) groups excluding carboxylic acids is 3. The van der Waals surface area contributed by atoms with Gasteiger partial charge in [-0.3, -0.25) is 4.90 Å². The second-order valence-electron chi connectivity index (χ2n) is 18.9. The van der Waals surface area contributed by atoms with Gasteiger partial charge in [0.25, 0.3) is 0 Å². The van der Waals surface area contributed by atoms with Crippen LogP contribution in [0.25, 0.3) is 33.4 Å². The Morgan fingerprint density at radius 1 is 0.553 bits per heavy atom. The third-order valence-corrected chi connectivity index (χ3v) is 13.3. The highest BCUT2D eigenvalue weighted by atomic mass is 16.5. The number of hydrogen-bond donors (Lipinski definition) is 3. The van der Waals surface area contributed by atoms with Gasteiger partial charge in [-0.15, -0.1) is 0 Å². The van der Waals surface area contributed by atoms with Gasteiger partial charge in [0.1, 0.15) is 35.5 Å². The molecule has 0 spiro atoms. The lowest BCUT2D eigenvalue weighted by Crippen LogP contribution is -2.35. The van der Waals surface area contributed by atoms with Crippen molar-refractivity contribution in [1.29, 1.82) is 26.3 Å². The molecule has 3 N–H and O–H groups in total. The van der Waals surface area contributed by atoms with E-state index in [2.05, 4.69) is 112 Å². The third-order valence-electron chi connectivity index (χ3n) is 13.3. The predicted octanol–water partition coefficient (Wildman–Crippen LogP) is 12.0. The summed E-state index contributed by atoms with van der Waals surface area (Å²) in [6.07, 6.45) is 6.59. The molecule has 380 valence electrons. The molecule has 0 saturated carbocycles. The van der Waals surface area contributed by atoms with Crippen LogP contribution in [0.3, 0.4) is 0 Å². The lowest BCUT2D eigenvalue weighted by atomic mass is 9.93. The van der Waals surface area contributed by atoms with Crippen molar-refractivity contribution in [3.05, 3.63) is 141 Å². The van der Waals surface area contributed by atoms with Gasteiger partial charge in [0, 0.05) is 59.7 Å². The molecular formula is C60H54N10O6. The van der Waals surface area contributed by atoms with E-state index in [1.807, 2.05) is 41.7 Å². The number of amides is 4. The first-order valence-corrected chi connectivity index (χ1v) is 24.6. The van der Waals surface area contributed by atoms with Crippen LogP contribution >= 0.6 is 0 Å². The Labute approximate surface area is 442 Å². The van der Waals surface area contributed by atoms with Crippen LogP contribution in [0.1, 0.15) is 109 Å². The van der Waals surface area contributed by atoms with Crippen molar-refractivity contribution in [2.75, 3.05) is 37.1 Å². The summed E-state index contributed by atoms with van der Waals surface area (Å²) < 4.78 is 17.4. The first kappa shape index (κ1) is 53.9. The number of carbonyl (C=O) groups is 2. The highest BCUT2D eigenvalue weighted by molar-refractivity contribution is 5.97. The standard InChI is InChI=1S/C21H20N4O2.C20H18N4O2.C19H16N2O2/c1-13(2)14-4-6-15(7-5-14)17-10-19(25(3)21(26)24-12-23)18(11-22)16-8-9-27-20(16)17;1-12(2)13-3-5-14(6-4-13)16-9-18(24-20(25)23-11-22)17(10-21)15-7-8-26-19(15)16;1-12(2)13-3-5-14(6-4-13)16-9-18(21-11-22)17(10-20)15-7-8-23-19(15)16/h4-7,10,13H,8-9H2,1-3H3,(H,24,26);3-6,9,12H,7-8H2,1-2H3,(H2,23,24,25);3-6,9,12H,7-8H2,1-2H3. The lowest BCUT2D eigenvalue weighted by Gasteiger charge is -2.21. The van der Waals surface area contributed by atoms with E-state index in [-0.39, 0.29) is 0 Å². The minimum atomic E-state index is -0.677. The zero-order valence-corrected chi connectivity index (χ0v) is 43.2. The minimum absolute atomic E-state index is 0.356. The molecule has 0 bridgehead atoms. The van der Waals surface area contributed by atoms with Gasteiger partial charge in [-0.2, -0.15) is 31.3 Å². The molecule has 3 aliphatic rings. The van der Waals surface area contributed by atoms with Crippen LogP contribution in [-0.2, 0) is 24.1 Å². The first-order chi connectivity index (χ1) is 36.7. The maximum atomic E-state index is 12.1. The van der Waals surface area contributed by atoms with Crippen LogP contribution in [0.2, 0.25) is 0 Å². The van der Waals surface area contributed by atoms with E-state index in [0.29, 0.717) is 102 Å². The maximum absolute atomic E-state index is 12.1. The number of anilines is 2. The molecule has 6 aromatic carbocycles. The second-order valence-corrected chi connectivity index (χ2v) is 18.9. The number of nitriles is 5. The Morgan fingerprint density at radius 2 is 0.947 bits per heavy atom. The van der Waals surface area contributed by atoms with Crippen LogP contribution in [-0.4, -0.2) is 45.0 Å². The van der Waals surface area contributed by atoms with Crippen LogP contribution in [0.5, 0.6) is 17.2 Å². The number of rotatable bonds is 9. The van der Waals surface area contributed by atoms with Gasteiger partial charge >= 0.3 is 12.1 Å². The summed E-state index contributed by atoms with van der Waals surface area (Å²) in [5, 5.41) is 52.6. The van der Waals surface area contributed by atoms with Crippen molar-refractivity contribution in [1.82, 2.24) is 10.6 Å². The Bertz CT molecular complexity index is 3470. The van der Waals surface area contributed by atoms with Crippen molar-refractivity contribution < 1.29 is 28.6 Å². The van der Waals surface area contributed by atoms with Crippen LogP contribution in [0.15, 0.2) is 96.0 Å². The average Bonchev–Trinajstić information content (AvgIpc) is 4.25. The number of fused-ring (bicyclic) bond motifs is 3. The lowest BCUT2D eigenvalue weighted by molar-refractivity contribution is 0.251. The Morgan fingerprint density at radius 3 is 1.34 bits per heavy atom. The van der Waals surface area contributed by atoms with Crippen molar-refractivity contribution in [2.45, 2.75) is 78.6 Å². The van der Waals surface area contributed by atoms with Crippen molar-refractivity contribution >= 4 is 35.2 Å². The molecular weight excluding hydrogens is 957 g/mol. The Hall–Kier alpha value is -9.91. The molecule has 6 aromatic rings. The molecule has 16 heteroatoms. The molecule has 0 aromatic heterocycles. The topological polar surface area (TPSA) is 250 Å². The summed E-state index contributed by atoms with van der Waals surface area (Å²) in [5.74, 6) is 3.43. The number of hydrogen-bond acceptors (Lipinski definition) is 12. The number of aliphatic imine (C=N–C) groups is 1. The molecule has 0 unspecified atom stereocenters. The fourth-order valence-electron chi connectivity index (χ4n) is 9.22. The maximum Gasteiger partial charge on any atom is 0.334 e. The average molecular weight is 1010 g/mol. The molecule has 0 aliphatic carbocycles. The molecule has 0 radical (unpaired) electrons. The van der Waals surface area contributed by atoms with E-state index in [4.69, 9.17) is 24.7 Å². The zero-order valence-electron chi connectivity index (χ0n) is 43.2. The van der Waals surface area contributed by atoms with E-state index in [9.17, 15) is 30.2 Å². The van der Waals surface area contributed by atoms with Gasteiger partial charge in [-0.05, 0) is 69.3 Å². The third kappa shape index (κ3) is 11.5. The van der Waals surface area contributed by atoms with Crippen LogP contribution < -0.4 is 35.1 Å². The molecule has 0 saturated heterocycles. The molecule has 0 fully saturated rings. The van der Waals surface area contributed by atoms with Gasteiger partial charge in [-0.1, -0.05) is 114 Å². The molecule has 76 heavy (non-hydrogen) atoms. The second kappa shape index (κ2) is 24.2. The Balaban J connectivity index is 0.000000166. The number of benzene rings is 6. The van der Waals surface area contributed by atoms with E-state index < -0.39 is 12.1 Å². The number of nitrogens with zero attached hydrogens (tertiary/aromatic N) is 7. The molecule has 16 nitrogen and oxygen atoms in total. The van der Waals surface area contributed by atoms with Gasteiger partial charge in [0.05, 0.1) is 53.6 Å².